The van der Waals surface area contributed by atoms with E-state index < -0.39 is 52.0 Å². The molecule has 1 aromatic rings. The summed E-state index contributed by atoms with van der Waals surface area (Å²) in [7, 11) is -5.77. The molecule has 11 heteroatoms. The lowest BCUT2D eigenvalue weighted by molar-refractivity contribution is -0.137. The number of allylic oxidation sites excluding steroid dienone is 1. The van der Waals surface area contributed by atoms with Crippen LogP contribution in [0.25, 0.3) is 0 Å². The summed E-state index contributed by atoms with van der Waals surface area (Å²) in [5.74, 6) is 4.57. The first-order chi connectivity index (χ1) is 12.8. The molecule has 0 aromatic heterocycles. The predicted molar refractivity (Wildman–Crippen MR) is 91.6 cm³/mol. The Morgan fingerprint density at radius 1 is 1.21 bits per heavy atom. The maximum absolute atomic E-state index is 13.3. The van der Waals surface area contributed by atoms with Crippen molar-refractivity contribution in [3.63, 3.8) is 0 Å². The molecule has 2 rings (SSSR count). The molecule has 4 nitrogen and oxygen atoms in total. The SMILES string of the molecule is CC#Cc1c(C(F)(F)F)ccc2c1CN(S(=O)(=O)C(F)(F)F)CC(/C=C/C)N2. The van der Waals surface area contributed by atoms with E-state index in [2.05, 4.69) is 17.2 Å². The minimum atomic E-state index is -5.77. The van der Waals surface area contributed by atoms with Crippen LogP contribution in [0, 0.1) is 11.8 Å². The fourth-order valence-electron chi connectivity index (χ4n) is 2.83. The number of hydrogen-bond acceptors (Lipinski definition) is 3. The largest absolute Gasteiger partial charge is 0.511 e. The maximum atomic E-state index is 13.3. The van der Waals surface area contributed by atoms with Crippen molar-refractivity contribution in [2.24, 2.45) is 0 Å². The van der Waals surface area contributed by atoms with E-state index in [9.17, 15) is 34.8 Å². The van der Waals surface area contributed by atoms with E-state index >= 15 is 0 Å². The van der Waals surface area contributed by atoms with Crippen LogP contribution in [0.5, 0.6) is 0 Å². The molecule has 0 aliphatic carbocycles. The van der Waals surface area contributed by atoms with E-state index in [1.54, 1.807) is 6.92 Å². The number of halogens is 6. The van der Waals surface area contributed by atoms with Gasteiger partial charge < -0.3 is 5.32 Å². The van der Waals surface area contributed by atoms with Gasteiger partial charge in [-0.1, -0.05) is 18.1 Å². The molecule has 0 saturated heterocycles. The van der Waals surface area contributed by atoms with Crippen molar-refractivity contribution in [1.29, 1.82) is 0 Å². The number of nitrogens with one attached hydrogen (secondary N) is 1. The second-order valence-electron chi connectivity index (χ2n) is 5.91. The molecule has 0 amide bonds. The average molecular weight is 426 g/mol. The maximum Gasteiger partial charge on any atom is 0.511 e. The van der Waals surface area contributed by atoms with Crippen molar-refractivity contribution in [3.05, 3.63) is 41.0 Å². The molecular weight excluding hydrogens is 410 g/mol. The lowest BCUT2D eigenvalue weighted by atomic mass is 9.98. The molecule has 1 N–H and O–H groups in total. The zero-order valence-corrected chi connectivity index (χ0v) is 15.6. The number of alkyl halides is 6. The molecule has 154 valence electrons. The van der Waals surface area contributed by atoms with Crippen molar-refractivity contribution < 1.29 is 34.8 Å². The minimum absolute atomic E-state index is 0.0914. The standard InChI is InChI=1S/C17H16F6N2O2S/c1-3-5-11-9-25(28(26,27)17(21,22)23)10-13-12(6-4-2)14(16(18,19)20)7-8-15(13)24-11/h3,5,7-8,11,24H,9-10H2,1-2H3/b5-3+. The van der Waals surface area contributed by atoms with Crippen molar-refractivity contribution >= 4 is 15.7 Å². The monoisotopic (exact) mass is 426 g/mol. The van der Waals surface area contributed by atoms with Crippen molar-refractivity contribution in [1.82, 2.24) is 4.31 Å². The summed E-state index contributed by atoms with van der Waals surface area (Å²) in [4.78, 5) is 0. The number of rotatable bonds is 2. The Bertz CT molecular complexity index is 939. The van der Waals surface area contributed by atoms with Gasteiger partial charge in [-0.3, -0.25) is 0 Å². The summed E-state index contributed by atoms with van der Waals surface area (Å²) >= 11 is 0. The number of fused-ring (bicyclic) bond motifs is 1. The first kappa shape index (κ1) is 22.1. The second kappa shape index (κ2) is 7.67. The molecular formula is C17H16F6N2O2S. The molecule has 1 aliphatic rings. The van der Waals surface area contributed by atoms with E-state index in [0.717, 1.165) is 12.1 Å². The van der Waals surface area contributed by atoms with Crippen molar-refractivity contribution in [3.8, 4) is 11.8 Å². The van der Waals surface area contributed by atoms with Crippen LogP contribution < -0.4 is 5.32 Å². The van der Waals surface area contributed by atoms with Crippen molar-refractivity contribution in [2.75, 3.05) is 11.9 Å². The van der Waals surface area contributed by atoms with Crippen LogP contribution in [-0.4, -0.2) is 30.8 Å². The Kier molecular flexibility index (Phi) is 6.06. The Morgan fingerprint density at radius 2 is 1.86 bits per heavy atom. The topological polar surface area (TPSA) is 49.4 Å². The van der Waals surface area contributed by atoms with E-state index in [-0.39, 0.29) is 15.6 Å². The van der Waals surface area contributed by atoms with Crippen LogP contribution in [0.1, 0.15) is 30.5 Å². The van der Waals surface area contributed by atoms with E-state index in [1.165, 1.54) is 19.1 Å². The Morgan fingerprint density at radius 3 is 2.36 bits per heavy atom. The van der Waals surface area contributed by atoms with Crippen LogP contribution in [0.4, 0.5) is 32.0 Å². The van der Waals surface area contributed by atoms with Gasteiger partial charge in [-0.05, 0) is 26.0 Å². The Hall–Kier alpha value is -2.19. The van der Waals surface area contributed by atoms with Gasteiger partial charge in [-0.2, -0.15) is 30.6 Å². The van der Waals surface area contributed by atoms with Gasteiger partial charge in [-0.15, -0.1) is 5.92 Å². The van der Waals surface area contributed by atoms with Crippen LogP contribution in [0.3, 0.4) is 0 Å². The van der Waals surface area contributed by atoms with Crippen molar-refractivity contribution in [2.45, 2.75) is 38.1 Å². The molecule has 1 unspecified atom stereocenters. The lowest BCUT2D eigenvalue weighted by Gasteiger charge is -2.24. The zero-order valence-electron chi connectivity index (χ0n) is 14.7. The highest BCUT2D eigenvalue weighted by atomic mass is 32.2. The quantitative estimate of drug-likeness (QED) is 0.440. The van der Waals surface area contributed by atoms with E-state index in [1.807, 2.05) is 0 Å². The summed E-state index contributed by atoms with van der Waals surface area (Å²) < 4.78 is 103. The summed E-state index contributed by atoms with van der Waals surface area (Å²) in [6, 6.07) is 0.966. The van der Waals surface area contributed by atoms with Gasteiger partial charge in [0.05, 0.1) is 11.6 Å². The van der Waals surface area contributed by atoms with E-state index in [4.69, 9.17) is 0 Å². The fourth-order valence-corrected chi connectivity index (χ4v) is 3.78. The average Bonchev–Trinajstić information content (AvgIpc) is 2.73. The molecule has 0 fully saturated rings. The molecule has 0 bridgehead atoms. The van der Waals surface area contributed by atoms with Crippen LogP contribution in [-0.2, 0) is 22.7 Å². The first-order valence-electron chi connectivity index (χ1n) is 7.94. The predicted octanol–water partition coefficient (Wildman–Crippen LogP) is 4.10. The Labute approximate surface area is 158 Å². The summed E-state index contributed by atoms with van der Waals surface area (Å²) in [5, 5.41) is 2.80. The highest BCUT2D eigenvalue weighted by Crippen LogP contribution is 2.39. The smallest absolute Gasteiger partial charge is 0.377 e. The molecule has 1 aromatic carbocycles. The summed E-state index contributed by atoms with van der Waals surface area (Å²) in [6.07, 6.45) is -1.88. The number of hydrogen-bond donors (Lipinski definition) is 1. The van der Waals surface area contributed by atoms with Crippen LogP contribution >= 0.6 is 0 Å². The van der Waals surface area contributed by atoms with Gasteiger partial charge >= 0.3 is 21.7 Å². The first-order valence-corrected chi connectivity index (χ1v) is 9.38. The highest BCUT2D eigenvalue weighted by molar-refractivity contribution is 7.89. The summed E-state index contributed by atoms with van der Waals surface area (Å²) in [5.41, 5.74) is -7.45. The van der Waals surface area contributed by atoms with Gasteiger partial charge in [0, 0.05) is 29.9 Å². The third kappa shape index (κ3) is 4.28. The minimum Gasteiger partial charge on any atom is -0.377 e. The van der Waals surface area contributed by atoms with Gasteiger partial charge in [0.25, 0.3) is 0 Å². The second-order valence-corrected chi connectivity index (χ2v) is 7.84. The van der Waals surface area contributed by atoms with Gasteiger partial charge in [0.1, 0.15) is 0 Å². The molecule has 1 atom stereocenters. The number of anilines is 1. The molecule has 0 radical (unpaired) electrons. The van der Waals surface area contributed by atoms with Crippen LogP contribution in [0.15, 0.2) is 24.3 Å². The molecule has 0 saturated carbocycles. The molecule has 1 aliphatic heterocycles. The van der Waals surface area contributed by atoms with Gasteiger partial charge in [-0.25, -0.2) is 8.42 Å². The lowest BCUT2D eigenvalue weighted by Crippen LogP contribution is -2.43. The number of sulfonamides is 1. The van der Waals surface area contributed by atoms with Gasteiger partial charge in [0.15, 0.2) is 0 Å². The molecule has 1 heterocycles. The molecule has 28 heavy (non-hydrogen) atoms. The van der Waals surface area contributed by atoms with Crippen LogP contribution in [0.2, 0.25) is 0 Å². The molecule has 0 spiro atoms. The van der Waals surface area contributed by atoms with Gasteiger partial charge in [0.2, 0.25) is 0 Å². The van der Waals surface area contributed by atoms with E-state index in [0.29, 0.717) is 0 Å². The normalized spacial score (nSPS) is 18.8. The number of nitrogens with zero attached hydrogens (tertiary/aromatic N) is 1. The third-order valence-corrected chi connectivity index (χ3v) is 5.54. The fraction of sp³-hybridized carbons (Fsp3) is 0.412. The zero-order chi connectivity index (χ0) is 21.3. The Balaban J connectivity index is 2.75. The number of benzene rings is 1. The summed E-state index contributed by atoms with van der Waals surface area (Å²) in [6.45, 7) is 1.35. The third-order valence-electron chi connectivity index (χ3n) is 4.00. The highest BCUT2D eigenvalue weighted by Gasteiger charge is 2.51.